The quantitative estimate of drug-likeness (QED) is 0.656. The van der Waals surface area contributed by atoms with Gasteiger partial charge in [0.05, 0.1) is 0 Å². The molecule has 0 radical (unpaired) electrons. The molecule has 2 rings (SSSR count). The van der Waals surface area contributed by atoms with E-state index in [2.05, 4.69) is 37.7 Å². The summed E-state index contributed by atoms with van der Waals surface area (Å²) in [5, 5.41) is 0. The van der Waals surface area contributed by atoms with E-state index in [9.17, 15) is 4.39 Å². The molecule has 2 heterocycles. The maximum Gasteiger partial charge on any atom is 0.114 e. The summed E-state index contributed by atoms with van der Waals surface area (Å²) in [6.45, 7) is 6.41. The fraction of sp³-hybridized carbons (Fsp3) is 1.00. The topological polar surface area (TPSA) is 6.48 Å². The molecule has 15 heavy (non-hydrogen) atoms. The average molecular weight is 214 g/mol. The number of likely N-dealkylation sites (tertiary alicyclic amines) is 2. The number of alkyl halides is 1. The number of hydrogen-bond acceptors (Lipinski definition) is 2. The minimum absolute atomic E-state index is 0.331. The normalized spacial score (nSPS) is 42.6. The van der Waals surface area contributed by atoms with Gasteiger partial charge in [0.25, 0.3) is 0 Å². The van der Waals surface area contributed by atoms with Crippen molar-refractivity contribution in [1.29, 1.82) is 0 Å². The molecular weight excluding hydrogens is 191 g/mol. The van der Waals surface area contributed by atoms with E-state index < -0.39 is 6.17 Å². The van der Waals surface area contributed by atoms with Gasteiger partial charge in [-0.25, -0.2) is 4.39 Å². The van der Waals surface area contributed by atoms with Crippen molar-refractivity contribution in [2.24, 2.45) is 5.41 Å². The van der Waals surface area contributed by atoms with Crippen molar-refractivity contribution in [3.8, 4) is 0 Å². The predicted octanol–water partition coefficient (Wildman–Crippen LogP) is 1.76. The molecule has 0 N–H and O–H groups in total. The highest BCUT2D eigenvalue weighted by Crippen LogP contribution is 2.41. The lowest BCUT2D eigenvalue weighted by atomic mass is 9.80. The van der Waals surface area contributed by atoms with Gasteiger partial charge >= 0.3 is 0 Å². The first-order chi connectivity index (χ1) is 6.92. The molecule has 0 saturated carbocycles. The van der Waals surface area contributed by atoms with Crippen LogP contribution in [0.3, 0.4) is 0 Å². The SMILES string of the molecule is CN1C[C@@H](F)CC1C1N(C)CCC1(C)C. The lowest BCUT2D eigenvalue weighted by Gasteiger charge is -2.38. The van der Waals surface area contributed by atoms with Crippen LogP contribution < -0.4 is 0 Å². The van der Waals surface area contributed by atoms with Crippen LogP contribution in [0.25, 0.3) is 0 Å². The van der Waals surface area contributed by atoms with E-state index >= 15 is 0 Å². The first kappa shape index (κ1) is 11.3. The second-order valence-corrected chi connectivity index (χ2v) is 6.00. The van der Waals surface area contributed by atoms with Gasteiger partial charge < -0.3 is 4.90 Å². The summed E-state index contributed by atoms with van der Waals surface area (Å²) in [6, 6.07) is 0.922. The van der Waals surface area contributed by atoms with E-state index in [0.717, 1.165) is 13.0 Å². The molecule has 88 valence electrons. The first-order valence-corrected chi connectivity index (χ1v) is 5.96. The summed E-state index contributed by atoms with van der Waals surface area (Å²) in [7, 11) is 4.24. The minimum atomic E-state index is -0.621. The average Bonchev–Trinajstić information content (AvgIpc) is 2.54. The van der Waals surface area contributed by atoms with Crippen LogP contribution in [0, 0.1) is 5.41 Å². The fourth-order valence-electron chi connectivity index (χ4n) is 3.50. The van der Waals surface area contributed by atoms with E-state index in [1.807, 2.05) is 0 Å². The lowest BCUT2D eigenvalue weighted by Crippen LogP contribution is -2.49. The van der Waals surface area contributed by atoms with Gasteiger partial charge in [-0.2, -0.15) is 0 Å². The third kappa shape index (κ3) is 1.92. The third-order valence-electron chi connectivity index (χ3n) is 4.30. The van der Waals surface area contributed by atoms with Gasteiger partial charge in [0.1, 0.15) is 6.17 Å². The molecule has 3 atom stereocenters. The number of nitrogens with zero attached hydrogens (tertiary/aromatic N) is 2. The van der Waals surface area contributed by atoms with Crippen LogP contribution in [-0.2, 0) is 0 Å². The van der Waals surface area contributed by atoms with E-state index in [-0.39, 0.29) is 0 Å². The Morgan fingerprint density at radius 2 is 1.87 bits per heavy atom. The molecule has 2 nitrogen and oxygen atoms in total. The van der Waals surface area contributed by atoms with Crippen LogP contribution in [0.5, 0.6) is 0 Å². The van der Waals surface area contributed by atoms with Crippen molar-refractivity contribution >= 4 is 0 Å². The van der Waals surface area contributed by atoms with Crippen LogP contribution in [0.2, 0.25) is 0 Å². The van der Waals surface area contributed by atoms with Crippen LogP contribution in [0.1, 0.15) is 26.7 Å². The van der Waals surface area contributed by atoms with Crippen LogP contribution in [0.15, 0.2) is 0 Å². The van der Waals surface area contributed by atoms with Crippen LogP contribution in [-0.4, -0.2) is 55.2 Å². The van der Waals surface area contributed by atoms with Crippen molar-refractivity contribution in [2.75, 3.05) is 27.2 Å². The van der Waals surface area contributed by atoms with Gasteiger partial charge in [-0.05, 0) is 38.9 Å². The third-order valence-corrected chi connectivity index (χ3v) is 4.30. The molecule has 0 aromatic heterocycles. The fourth-order valence-corrected chi connectivity index (χ4v) is 3.50. The summed E-state index contributed by atoms with van der Waals surface area (Å²) in [5.74, 6) is 0. The highest BCUT2D eigenvalue weighted by atomic mass is 19.1. The van der Waals surface area contributed by atoms with Crippen molar-refractivity contribution < 1.29 is 4.39 Å². The predicted molar refractivity (Wildman–Crippen MR) is 60.7 cm³/mol. The molecule has 2 unspecified atom stereocenters. The number of hydrogen-bond donors (Lipinski definition) is 0. The number of likely N-dealkylation sites (N-methyl/N-ethyl adjacent to an activating group) is 2. The summed E-state index contributed by atoms with van der Waals surface area (Å²) < 4.78 is 13.4. The van der Waals surface area contributed by atoms with Gasteiger partial charge in [0, 0.05) is 18.6 Å². The summed E-state index contributed by atoms with van der Waals surface area (Å²) in [6.07, 6.45) is 1.33. The zero-order valence-corrected chi connectivity index (χ0v) is 10.3. The van der Waals surface area contributed by atoms with E-state index in [4.69, 9.17) is 0 Å². The molecule has 0 aromatic rings. The van der Waals surface area contributed by atoms with Crippen molar-refractivity contribution in [2.45, 2.75) is 44.9 Å². The molecule has 2 saturated heterocycles. The molecule has 2 aliphatic heterocycles. The highest BCUT2D eigenvalue weighted by Gasteiger charge is 2.47. The van der Waals surface area contributed by atoms with E-state index in [1.165, 1.54) is 6.42 Å². The largest absolute Gasteiger partial charge is 0.301 e. The van der Waals surface area contributed by atoms with Crippen molar-refractivity contribution in [3.05, 3.63) is 0 Å². The first-order valence-electron chi connectivity index (χ1n) is 5.96. The lowest BCUT2D eigenvalue weighted by molar-refractivity contribution is 0.111. The van der Waals surface area contributed by atoms with Gasteiger partial charge in [-0.3, -0.25) is 4.90 Å². The number of halogens is 1. The van der Waals surface area contributed by atoms with Crippen molar-refractivity contribution in [3.63, 3.8) is 0 Å². The summed E-state index contributed by atoms with van der Waals surface area (Å²) >= 11 is 0. The van der Waals surface area contributed by atoms with Gasteiger partial charge in [0.15, 0.2) is 0 Å². The molecule has 2 aliphatic rings. The molecule has 0 aliphatic carbocycles. The van der Waals surface area contributed by atoms with E-state index in [1.54, 1.807) is 0 Å². The summed E-state index contributed by atoms with van der Waals surface area (Å²) in [4.78, 5) is 4.62. The Labute approximate surface area is 92.4 Å². The molecule has 0 amide bonds. The zero-order valence-electron chi connectivity index (χ0n) is 10.3. The van der Waals surface area contributed by atoms with Crippen LogP contribution in [0.4, 0.5) is 4.39 Å². The maximum atomic E-state index is 13.4. The second kappa shape index (κ2) is 3.70. The van der Waals surface area contributed by atoms with Crippen molar-refractivity contribution in [1.82, 2.24) is 9.80 Å². The Kier molecular flexibility index (Phi) is 2.80. The smallest absolute Gasteiger partial charge is 0.114 e. The highest BCUT2D eigenvalue weighted by molar-refractivity contribution is 5.02. The molecule has 0 aromatic carbocycles. The van der Waals surface area contributed by atoms with Gasteiger partial charge in [-0.1, -0.05) is 13.8 Å². The van der Waals surface area contributed by atoms with Gasteiger partial charge in [-0.15, -0.1) is 0 Å². The Bertz CT molecular complexity index is 242. The molecule has 0 spiro atoms. The van der Waals surface area contributed by atoms with Crippen LogP contribution >= 0.6 is 0 Å². The Morgan fingerprint density at radius 3 is 2.27 bits per heavy atom. The molecule has 2 fully saturated rings. The molecular formula is C12H23FN2. The standard InChI is InChI=1S/C12H23FN2/c1-12(2)5-6-14(3)11(12)10-7-9(13)8-15(10)4/h9-11H,5-8H2,1-4H3/t9-,10?,11?/m0/s1. The summed E-state index contributed by atoms with van der Waals surface area (Å²) in [5.41, 5.74) is 0.331. The Hall–Kier alpha value is -0.150. The Morgan fingerprint density at radius 1 is 1.20 bits per heavy atom. The van der Waals surface area contributed by atoms with E-state index in [0.29, 0.717) is 24.0 Å². The zero-order chi connectivity index (χ0) is 11.2. The maximum absolute atomic E-state index is 13.4. The Balaban J connectivity index is 2.15. The monoisotopic (exact) mass is 214 g/mol. The number of rotatable bonds is 1. The molecule has 3 heteroatoms. The minimum Gasteiger partial charge on any atom is -0.301 e. The van der Waals surface area contributed by atoms with Gasteiger partial charge in [0.2, 0.25) is 0 Å². The molecule has 0 bridgehead atoms. The second-order valence-electron chi connectivity index (χ2n) is 6.00.